The fourth-order valence-corrected chi connectivity index (χ4v) is 3.03. The zero-order chi connectivity index (χ0) is 15.0. The van der Waals surface area contributed by atoms with Crippen LogP contribution >= 0.6 is 0 Å². The number of hydrogen-bond donors (Lipinski definition) is 1. The van der Waals surface area contributed by atoms with Crippen LogP contribution in [0.1, 0.15) is 59.3 Å². The van der Waals surface area contributed by atoms with Crippen molar-refractivity contribution in [3.63, 3.8) is 0 Å². The fourth-order valence-electron chi connectivity index (χ4n) is 3.03. The van der Waals surface area contributed by atoms with E-state index in [1.54, 1.807) is 0 Å². The molecule has 1 aliphatic rings. The lowest BCUT2D eigenvalue weighted by Gasteiger charge is -2.38. The maximum atomic E-state index is 12.2. The van der Waals surface area contributed by atoms with Crippen molar-refractivity contribution < 1.29 is 14.3 Å². The number of hydrogen-bond acceptors (Lipinski definition) is 4. The van der Waals surface area contributed by atoms with Crippen molar-refractivity contribution in [3.8, 4) is 0 Å². The molecule has 118 valence electrons. The quantitative estimate of drug-likeness (QED) is 0.697. The fraction of sp³-hybridized carbons (Fsp3) is 0.938. The molecule has 0 amide bonds. The second-order valence-electron chi connectivity index (χ2n) is 6.00. The van der Waals surface area contributed by atoms with Crippen LogP contribution in [0.25, 0.3) is 0 Å². The Kier molecular flexibility index (Phi) is 7.52. The van der Waals surface area contributed by atoms with E-state index in [0.717, 1.165) is 32.3 Å². The van der Waals surface area contributed by atoms with Crippen LogP contribution in [-0.2, 0) is 14.3 Å². The first kappa shape index (κ1) is 17.4. The van der Waals surface area contributed by atoms with Crippen molar-refractivity contribution in [3.05, 3.63) is 0 Å². The highest BCUT2D eigenvalue weighted by molar-refractivity contribution is 5.81. The number of rotatable bonds is 8. The Morgan fingerprint density at radius 1 is 1.45 bits per heavy atom. The standard InChI is InChI=1S/C16H31NO3/c1-5-8-13(3)12-20-14-9-7-10-16(11-14,17-4)15(18)19-6-2/h13-14,17H,5-12H2,1-4H3. The Morgan fingerprint density at radius 2 is 2.20 bits per heavy atom. The Labute approximate surface area is 123 Å². The maximum absolute atomic E-state index is 12.2. The van der Waals surface area contributed by atoms with E-state index in [1.807, 2.05) is 14.0 Å². The first-order chi connectivity index (χ1) is 9.57. The van der Waals surface area contributed by atoms with Gasteiger partial charge in [0.2, 0.25) is 0 Å². The first-order valence-corrected chi connectivity index (χ1v) is 8.05. The average Bonchev–Trinajstić information content (AvgIpc) is 2.46. The van der Waals surface area contributed by atoms with E-state index in [1.165, 1.54) is 12.8 Å². The Bertz CT molecular complexity index is 295. The third-order valence-corrected chi connectivity index (χ3v) is 4.25. The lowest BCUT2D eigenvalue weighted by Crippen LogP contribution is -2.55. The summed E-state index contributed by atoms with van der Waals surface area (Å²) in [5.74, 6) is 0.464. The normalized spacial score (nSPS) is 28.1. The number of carbonyl (C=O) groups is 1. The minimum Gasteiger partial charge on any atom is -0.465 e. The van der Waals surface area contributed by atoms with Gasteiger partial charge in [-0.25, -0.2) is 0 Å². The van der Waals surface area contributed by atoms with Gasteiger partial charge in [-0.2, -0.15) is 0 Å². The molecule has 0 heterocycles. The van der Waals surface area contributed by atoms with E-state index in [-0.39, 0.29) is 12.1 Å². The molecule has 20 heavy (non-hydrogen) atoms. The average molecular weight is 285 g/mol. The molecule has 0 aromatic carbocycles. The van der Waals surface area contributed by atoms with Gasteiger partial charge < -0.3 is 14.8 Å². The highest BCUT2D eigenvalue weighted by Gasteiger charge is 2.43. The van der Waals surface area contributed by atoms with Crippen molar-refractivity contribution >= 4 is 5.97 Å². The van der Waals surface area contributed by atoms with Gasteiger partial charge in [0.25, 0.3) is 0 Å². The van der Waals surface area contributed by atoms with Crippen molar-refractivity contribution in [2.75, 3.05) is 20.3 Å². The lowest BCUT2D eigenvalue weighted by molar-refractivity contribution is -0.155. The molecule has 1 rings (SSSR count). The number of ether oxygens (including phenoxy) is 2. The minimum atomic E-state index is -0.549. The van der Waals surface area contributed by atoms with Crippen LogP contribution in [0.4, 0.5) is 0 Å². The highest BCUT2D eigenvalue weighted by atomic mass is 16.5. The zero-order valence-corrected chi connectivity index (χ0v) is 13.5. The summed E-state index contributed by atoms with van der Waals surface area (Å²) in [5, 5.41) is 3.19. The summed E-state index contributed by atoms with van der Waals surface area (Å²) in [6.07, 6.45) is 6.17. The van der Waals surface area contributed by atoms with E-state index in [0.29, 0.717) is 12.5 Å². The van der Waals surface area contributed by atoms with Crippen LogP contribution in [0, 0.1) is 5.92 Å². The molecule has 0 radical (unpaired) electrons. The van der Waals surface area contributed by atoms with Gasteiger partial charge in [-0.05, 0) is 45.6 Å². The number of carbonyl (C=O) groups excluding carboxylic acids is 1. The molecule has 0 aliphatic heterocycles. The van der Waals surface area contributed by atoms with Gasteiger partial charge in [0.1, 0.15) is 5.54 Å². The van der Waals surface area contributed by atoms with Crippen LogP contribution in [0.3, 0.4) is 0 Å². The van der Waals surface area contributed by atoms with Gasteiger partial charge >= 0.3 is 5.97 Å². The molecule has 4 nitrogen and oxygen atoms in total. The Hall–Kier alpha value is -0.610. The van der Waals surface area contributed by atoms with Crippen LogP contribution < -0.4 is 5.32 Å². The molecule has 0 bridgehead atoms. The monoisotopic (exact) mass is 285 g/mol. The largest absolute Gasteiger partial charge is 0.465 e. The molecule has 1 N–H and O–H groups in total. The van der Waals surface area contributed by atoms with Gasteiger partial charge in [-0.15, -0.1) is 0 Å². The number of esters is 1. The van der Waals surface area contributed by atoms with Gasteiger partial charge in [0.05, 0.1) is 12.7 Å². The molecular formula is C16H31NO3. The zero-order valence-electron chi connectivity index (χ0n) is 13.5. The summed E-state index contributed by atoms with van der Waals surface area (Å²) >= 11 is 0. The van der Waals surface area contributed by atoms with Gasteiger partial charge in [0.15, 0.2) is 0 Å². The summed E-state index contributed by atoms with van der Waals surface area (Å²) < 4.78 is 11.3. The molecule has 3 atom stereocenters. The molecule has 1 aliphatic carbocycles. The van der Waals surface area contributed by atoms with Crippen molar-refractivity contribution in [2.45, 2.75) is 70.9 Å². The summed E-state index contributed by atoms with van der Waals surface area (Å²) in [5.41, 5.74) is -0.549. The minimum absolute atomic E-state index is 0.127. The second-order valence-corrected chi connectivity index (χ2v) is 6.00. The van der Waals surface area contributed by atoms with E-state index in [2.05, 4.69) is 19.2 Å². The molecule has 0 spiro atoms. The predicted molar refractivity (Wildman–Crippen MR) is 80.7 cm³/mol. The summed E-state index contributed by atoms with van der Waals surface area (Å²) in [6.45, 7) is 7.50. The molecule has 0 aromatic heterocycles. The molecule has 1 saturated carbocycles. The van der Waals surface area contributed by atoms with Crippen molar-refractivity contribution in [1.29, 1.82) is 0 Å². The van der Waals surface area contributed by atoms with E-state index >= 15 is 0 Å². The van der Waals surface area contributed by atoms with Gasteiger partial charge in [-0.1, -0.05) is 20.3 Å². The Morgan fingerprint density at radius 3 is 2.80 bits per heavy atom. The van der Waals surface area contributed by atoms with Crippen molar-refractivity contribution in [1.82, 2.24) is 5.32 Å². The molecule has 1 fully saturated rings. The first-order valence-electron chi connectivity index (χ1n) is 8.05. The summed E-state index contributed by atoms with van der Waals surface area (Å²) in [4.78, 5) is 12.2. The SMILES string of the molecule is CCCC(C)COC1CCCC(NC)(C(=O)OCC)C1. The lowest BCUT2D eigenvalue weighted by atomic mass is 9.80. The Balaban J connectivity index is 2.53. The van der Waals surface area contributed by atoms with Crippen LogP contribution in [0.2, 0.25) is 0 Å². The van der Waals surface area contributed by atoms with E-state index < -0.39 is 5.54 Å². The van der Waals surface area contributed by atoms with Crippen LogP contribution in [0.5, 0.6) is 0 Å². The summed E-state index contributed by atoms with van der Waals surface area (Å²) in [7, 11) is 1.85. The third-order valence-electron chi connectivity index (χ3n) is 4.25. The van der Waals surface area contributed by atoms with Crippen LogP contribution in [0.15, 0.2) is 0 Å². The predicted octanol–water partition coefficient (Wildman–Crippen LogP) is 2.90. The molecule has 0 saturated heterocycles. The topological polar surface area (TPSA) is 47.6 Å². The van der Waals surface area contributed by atoms with Gasteiger partial charge in [-0.3, -0.25) is 4.79 Å². The van der Waals surface area contributed by atoms with Crippen molar-refractivity contribution in [2.24, 2.45) is 5.92 Å². The molecular weight excluding hydrogens is 254 g/mol. The second kappa shape index (κ2) is 8.63. The molecule has 3 unspecified atom stereocenters. The molecule has 0 aromatic rings. The summed E-state index contributed by atoms with van der Waals surface area (Å²) in [6, 6.07) is 0. The van der Waals surface area contributed by atoms with E-state index in [9.17, 15) is 4.79 Å². The van der Waals surface area contributed by atoms with Gasteiger partial charge in [0, 0.05) is 13.0 Å². The van der Waals surface area contributed by atoms with E-state index in [4.69, 9.17) is 9.47 Å². The third kappa shape index (κ3) is 4.74. The number of likely N-dealkylation sites (N-methyl/N-ethyl adjacent to an activating group) is 1. The smallest absolute Gasteiger partial charge is 0.326 e. The number of nitrogens with one attached hydrogen (secondary N) is 1. The highest BCUT2D eigenvalue weighted by Crippen LogP contribution is 2.31. The molecule has 4 heteroatoms. The van der Waals surface area contributed by atoms with Crippen LogP contribution in [-0.4, -0.2) is 37.9 Å². The maximum Gasteiger partial charge on any atom is 0.326 e.